The molecule has 0 radical (unpaired) electrons. The number of nitrogens with two attached hydrogens (primary N) is 1. The molecule has 0 unspecified atom stereocenters. The normalized spacial score (nSPS) is 11.4. The molecule has 13 nitrogen and oxygen atoms in total. The maximum absolute atomic E-state index is 9.44. The number of nitrogen functional groups attached to an aromatic ring is 1. The Morgan fingerprint density at radius 2 is 1.53 bits per heavy atom. The number of nitrogens with zero attached hydrogens (tertiary/aromatic N) is 3. The smallest absolute Gasteiger partial charge is 0.413 e. The first-order valence-corrected chi connectivity index (χ1v) is 12.7. The van der Waals surface area contributed by atoms with Crippen LogP contribution in [-0.4, -0.2) is 41.1 Å². The summed E-state index contributed by atoms with van der Waals surface area (Å²) in [4.78, 5) is 8.22. The molecule has 15 heteroatoms. The van der Waals surface area contributed by atoms with Gasteiger partial charge in [0.1, 0.15) is 12.4 Å². The molecular weight excluding hydrogens is 516 g/mol. The van der Waals surface area contributed by atoms with Crippen LogP contribution in [0.25, 0.3) is 11.3 Å². The van der Waals surface area contributed by atoms with Crippen LogP contribution in [0.3, 0.4) is 0 Å². The zero-order valence-electron chi connectivity index (χ0n) is 18.3. The summed E-state index contributed by atoms with van der Waals surface area (Å²) in [6.45, 7) is 0.478. The van der Waals surface area contributed by atoms with Crippen LogP contribution in [0.2, 0.25) is 0 Å². The standard InChI is InChI=1S/C21H18N4O2.H2O7S2/c22-21-18(4-3-11-24-21)19-13-17(25-27-19)12-15-6-8-16(9-7-15)14-26-20-5-1-2-10-23-20;1-8(2,3)7-9(4,5)6/h1-11,13H,12,14H2,(H2,22,24);(H,1,2,3)(H,4,5,6). The van der Waals surface area contributed by atoms with Gasteiger partial charge in [-0.25, -0.2) is 9.97 Å². The minimum atomic E-state index is -5.12. The van der Waals surface area contributed by atoms with Gasteiger partial charge in [-0.2, -0.15) is 16.8 Å². The van der Waals surface area contributed by atoms with E-state index in [0.29, 0.717) is 30.5 Å². The quantitative estimate of drug-likeness (QED) is 0.277. The highest BCUT2D eigenvalue weighted by atomic mass is 32.3. The Kier molecular flexibility index (Phi) is 8.68. The van der Waals surface area contributed by atoms with Crippen molar-refractivity contribution in [2.24, 2.45) is 0 Å². The van der Waals surface area contributed by atoms with E-state index < -0.39 is 20.8 Å². The van der Waals surface area contributed by atoms with Gasteiger partial charge in [0.05, 0.1) is 11.3 Å². The predicted octanol–water partition coefficient (Wildman–Crippen LogP) is 2.49. The lowest BCUT2D eigenvalue weighted by Gasteiger charge is -2.05. The van der Waals surface area contributed by atoms with Gasteiger partial charge >= 0.3 is 20.8 Å². The van der Waals surface area contributed by atoms with Crippen molar-refractivity contribution in [3.8, 4) is 17.2 Å². The Balaban J connectivity index is 0.000000345. The highest BCUT2D eigenvalue weighted by Gasteiger charge is 2.16. The van der Waals surface area contributed by atoms with Gasteiger partial charge in [-0.3, -0.25) is 9.11 Å². The van der Waals surface area contributed by atoms with E-state index in [1.807, 2.05) is 48.5 Å². The molecule has 3 heterocycles. The van der Waals surface area contributed by atoms with Crippen molar-refractivity contribution in [3.05, 3.63) is 89.9 Å². The van der Waals surface area contributed by atoms with Crippen LogP contribution in [0.1, 0.15) is 16.8 Å². The zero-order valence-corrected chi connectivity index (χ0v) is 20.0. The lowest BCUT2D eigenvalue weighted by atomic mass is 10.1. The van der Waals surface area contributed by atoms with Gasteiger partial charge < -0.3 is 15.0 Å². The average molecular weight is 537 g/mol. The first-order chi connectivity index (χ1) is 17.0. The third-order valence-electron chi connectivity index (χ3n) is 4.27. The summed E-state index contributed by atoms with van der Waals surface area (Å²) in [5.74, 6) is 1.67. The molecule has 0 aliphatic carbocycles. The van der Waals surface area contributed by atoms with Crippen molar-refractivity contribution in [2.45, 2.75) is 13.0 Å². The fourth-order valence-electron chi connectivity index (χ4n) is 2.81. The number of hydrogen-bond acceptors (Lipinski definition) is 11. The van der Waals surface area contributed by atoms with Crippen LogP contribution < -0.4 is 10.5 Å². The minimum absolute atomic E-state index is 0.428. The Morgan fingerprint density at radius 1 is 0.861 bits per heavy atom. The van der Waals surface area contributed by atoms with E-state index >= 15 is 0 Å². The topological polar surface area (TPSA) is 205 Å². The van der Waals surface area contributed by atoms with Crippen molar-refractivity contribution in [2.75, 3.05) is 5.73 Å². The molecular formula is C21H20N4O9S2. The third-order valence-corrected chi connectivity index (χ3v) is 5.64. The summed E-state index contributed by atoms with van der Waals surface area (Å²) in [5.41, 5.74) is 9.69. The first kappa shape index (κ1) is 26.7. The second-order valence-corrected chi connectivity index (χ2v) is 9.25. The molecule has 0 saturated heterocycles. The van der Waals surface area contributed by atoms with Gasteiger partial charge in [-0.1, -0.05) is 35.5 Å². The van der Waals surface area contributed by atoms with E-state index in [9.17, 15) is 16.8 Å². The fraction of sp³-hybridized carbons (Fsp3) is 0.0952. The van der Waals surface area contributed by atoms with Crippen molar-refractivity contribution in [1.29, 1.82) is 0 Å². The number of pyridine rings is 2. The van der Waals surface area contributed by atoms with Gasteiger partial charge in [0, 0.05) is 30.9 Å². The number of aromatic nitrogens is 3. The Morgan fingerprint density at radius 3 is 2.11 bits per heavy atom. The van der Waals surface area contributed by atoms with Crippen LogP contribution >= 0.6 is 0 Å². The average Bonchev–Trinajstić information content (AvgIpc) is 3.26. The van der Waals surface area contributed by atoms with Crippen LogP contribution in [-0.2, 0) is 37.5 Å². The zero-order chi connectivity index (χ0) is 26.2. The van der Waals surface area contributed by atoms with Crippen molar-refractivity contribution < 1.29 is 38.8 Å². The van der Waals surface area contributed by atoms with Crippen LogP contribution in [0.5, 0.6) is 5.88 Å². The lowest BCUT2D eigenvalue weighted by Crippen LogP contribution is -2.10. The van der Waals surface area contributed by atoms with Crippen LogP contribution in [0.4, 0.5) is 5.82 Å². The molecule has 0 fully saturated rings. The lowest BCUT2D eigenvalue weighted by molar-refractivity contribution is 0.294. The molecule has 0 amide bonds. The first-order valence-electron chi connectivity index (χ1n) is 9.92. The Labute approximate surface area is 206 Å². The summed E-state index contributed by atoms with van der Waals surface area (Å²) in [7, 11) is -10.2. The SMILES string of the molecule is Nc1ncccc1-c1cc(Cc2ccc(COc3ccccn3)cc2)no1.O=S(=O)(O)OS(=O)(=O)O. The molecule has 36 heavy (non-hydrogen) atoms. The van der Waals surface area contributed by atoms with E-state index in [2.05, 4.69) is 30.9 Å². The molecule has 0 spiro atoms. The molecule has 190 valence electrons. The molecule has 4 rings (SSSR count). The van der Waals surface area contributed by atoms with Gasteiger partial charge in [-0.05, 0) is 29.3 Å². The molecule has 1 aromatic carbocycles. The molecule has 0 aliphatic heterocycles. The molecule has 3 aromatic heterocycles. The summed E-state index contributed by atoms with van der Waals surface area (Å²) in [6.07, 6.45) is 4.03. The minimum Gasteiger partial charge on any atom is -0.473 e. The van der Waals surface area contributed by atoms with Crippen molar-refractivity contribution in [1.82, 2.24) is 15.1 Å². The third kappa shape index (κ3) is 9.05. The number of benzene rings is 1. The van der Waals surface area contributed by atoms with Gasteiger partial charge in [0.15, 0.2) is 5.76 Å². The van der Waals surface area contributed by atoms with E-state index in [0.717, 1.165) is 22.4 Å². The van der Waals surface area contributed by atoms with E-state index in [-0.39, 0.29) is 0 Å². The monoisotopic (exact) mass is 536 g/mol. The van der Waals surface area contributed by atoms with E-state index in [1.54, 1.807) is 12.4 Å². The summed E-state index contributed by atoms with van der Waals surface area (Å²) in [5, 5.41) is 4.14. The number of hydrogen-bond donors (Lipinski definition) is 3. The van der Waals surface area contributed by atoms with Crippen LogP contribution in [0, 0.1) is 0 Å². The van der Waals surface area contributed by atoms with Gasteiger partial charge in [0.2, 0.25) is 5.88 Å². The number of anilines is 1. The Bertz CT molecular complexity index is 1460. The van der Waals surface area contributed by atoms with Crippen molar-refractivity contribution >= 4 is 26.6 Å². The molecule has 0 atom stereocenters. The number of ether oxygens (including phenoxy) is 1. The van der Waals surface area contributed by atoms with E-state index in [4.69, 9.17) is 24.1 Å². The summed E-state index contributed by atoms with van der Waals surface area (Å²) >= 11 is 0. The number of rotatable bonds is 8. The summed E-state index contributed by atoms with van der Waals surface area (Å²) in [6, 6.07) is 19.4. The van der Waals surface area contributed by atoms with Crippen LogP contribution in [0.15, 0.2) is 77.6 Å². The molecule has 4 N–H and O–H groups in total. The maximum Gasteiger partial charge on any atom is 0.413 e. The Hall–Kier alpha value is -3.89. The molecule has 0 saturated carbocycles. The van der Waals surface area contributed by atoms with Gasteiger partial charge in [-0.15, -0.1) is 3.63 Å². The highest BCUT2D eigenvalue weighted by molar-refractivity contribution is 7.94. The van der Waals surface area contributed by atoms with Gasteiger partial charge in [0.25, 0.3) is 0 Å². The van der Waals surface area contributed by atoms with E-state index in [1.165, 1.54) is 0 Å². The predicted molar refractivity (Wildman–Crippen MR) is 126 cm³/mol. The highest BCUT2D eigenvalue weighted by Crippen LogP contribution is 2.25. The second kappa shape index (κ2) is 11.7. The fourth-order valence-corrected chi connectivity index (χ4v) is 3.68. The van der Waals surface area contributed by atoms with Crippen molar-refractivity contribution in [3.63, 3.8) is 0 Å². The maximum atomic E-state index is 9.44. The molecule has 0 aliphatic rings. The molecule has 0 bridgehead atoms. The second-order valence-electron chi connectivity index (χ2n) is 6.99. The molecule has 4 aromatic rings. The summed E-state index contributed by atoms with van der Waals surface area (Å²) < 4.78 is 66.6. The largest absolute Gasteiger partial charge is 0.473 e.